The molecule has 1 heterocycles. The van der Waals surface area contributed by atoms with Crippen molar-refractivity contribution in [3.63, 3.8) is 0 Å². The first-order chi connectivity index (χ1) is 10.2. The highest BCUT2D eigenvalue weighted by Crippen LogP contribution is 2.22. The molecule has 0 radical (unpaired) electrons. The quantitative estimate of drug-likeness (QED) is 0.735. The molecule has 3 aromatic rings. The molecule has 0 aliphatic rings. The molecule has 0 saturated carbocycles. The highest BCUT2D eigenvalue weighted by atomic mass is 35.5. The van der Waals surface area contributed by atoms with Gasteiger partial charge < -0.3 is 9.88 Å². The van der Waals surface area contributed by atoms with E-state index in [2.05, 4.69) is 21.8 Å². The standard InChI is InChI=1S/C16H15Cl2N3/c1-2-21-15-9-12(18)6-7-14(15)20-16(21)10-19-13-5-3-4-11(17)8-13/h3-9,19H,2,10H2,1H3. The fourth-order valence-corrected chi connectivity index (χ4v) is 2.77. The molecule has 0 aliphatic carbocycles. The van der Waals surface area contributed by atoms with Crippen molar-refractivity contribution >= 4 is 39.9 Å². The Bertz CT molecular complexity index is 780. The molecule has 21 heavy (non-hydrogen) atoms. The first-order valence-corrected chi connectivity index (χ1v) is 7.57. The number of rotatable bonds is 4. The summed E-state index contributed by atoms with van der Waals surface area (Å²) in [4.78, 5) is 4.67. The summed E-state index contributed by atoms with van der Waals surface area (Å²) in [6.07, 6.45) is 0. The van der Waals surface area contributed by atoms with Crippen LogP contribution in [0.1, 0.15) is 12.7 Å². The summed E-state index contributed by atoms with van der Waals surface area (Å²) in [5.74, 6) is 0.981. The van der Waals surface area contributed by atoms with Gasteiger partial charge in [-0.1, -0.05) is 29.3 Å². The number of hydrogen-bond acceptors (Lipinski definition) is 2. The molecule has 0 amide bonds. The van der Waals surface area contributed by atoms with Gasteiger partial charge in [0.05, 0.1) is 17.6 Å². The lowest BCUT2D eigenvalue weighted by atomic mass is 10.3. The van der Waals surface area contributed by atoms with Crippen molar-refractivity contribution in [3.05, 3.63) is 58.3 Å². The van der Waals surface area contributed by atoms with E-state index in [4.69, 9.17) is 23.2 Å². The summed E-state index contributed by atoms with van der Waals surface area (Å²) in [6.45, 7) is 3.59. The fourth-order valence-electron chi connectivity index (χ4n) is 2.41. The molecule has 0 unspecified atom stereocenters. The predicted octanol–water partition coefficient (Wildman–Crippen LogP) is 4.98. The zero-order chi connectivity index (χ0) is 14.8. The normalized spacial score (nSPS) is 11.0. The Morgan fingerprint density at radius 1 is 1.10 bits per heavy atom. The maximum atomic E-state index is 6.08. The second-order valence-corrected chi connectivity index (χ2v) is 5.64. The number of fused-ring (bicyclic) bond motifs is 1. The van der Waals surface area contributed by atoms with E-state index in [0.717, 1.165) is 39.1 Å². The summed E-state index contributed by atoms with van der Waals surface area (Å²) >= 11 is 12.1. The maximum Gasteiger partial charge on any atom is 0.129 e. The molecule has 0 spiro atoms. The minimum atomic E-state index is 0.639. The van der Waals surface area contributed by atoms with Crippen LogP contribution in [0.2, 0.25) is 10.0 Å². The van der Waals surface area contributed by atoms with Gasteiger partial charge in [-0.15, -0.1) is 0 Å². The van der Waals surface area contributed by atoms with Crippen LogP contribution in [0.25, 0.3) is 11.0 Å². The molecule has 2 aromatic carbocycles. The van der Waals surface area contributed by atoms with Crippen molar-refractivity contribution in [1.29, 1.82) is 0 Å². The van der Waals surface area contributed by atoms with Crippen molar-refractivity contribution < 1.29 is 0 Å². The summed E-state index contributed by atoms with van der Waals surface area (Å²) in [6, 6.07) is 13.4. The van der Waals surface area contributed by atoms with Crippen molar-refractivity contribution in [3.8, 4) is 0 Å². The molecule has 1 aromatic heterocycles. The number of halogens is 2. The molecule has 0 fully saturated rings. The Balaban J connectivity index is 1.90. The van der Waals surface area contributed by atoms with Gasteiger partial charge in [0.15, 0.2) is 0 Å². The van der Waals surface area contributed by atoms with Crippen LogP contribution in [-0.2, 0) is 13.1 Å². The van der Waals surface area contributed by atoms with E-state index in [9.17, 15) is 0 Å². The van der Waals surface area contributed by atoms with E-state index in [1.54, 1.807) is 0 Å². The first-order valence-electron chi connectivity index (χ1n) is 6.81. The zero-order valence-corrected chi connectivity index (χ0v) is 13.1. The number of hydrogen-bond donors (Lipinski definition) is 1. The van der Waals surface area contributed by atoms with Crippen molar-refractivity contribution in [1.82, 2.24) is 9.55 Å². The minimum absolute atomic E-state index is 0.639. The summed E-state index contributed by atoms with van der Waals surface area (Å²) < 4.78 is 2.17. The van der Waals surface area contributed by atoms with E-state index >= 15 is 0 Å². The largest absolute Gasteiger partial charge is 0.378 e. The smallest absolute Gasteiger partial charge is 0.129 e. The van der Waals surface area contributed by atoms with Crippen molar-refractivity contribution in [2.45, 2.75) is 20.0 Å². The minimum Gasteiger partial charge on any atom is -0.378 e. The Labute approximate surface area is 133 Å². The maximum absolute atomic E-state index is 6.08. The van der Waals surface area contributed by atoms with Gasteiger partial charge in [0, 0.05) is 22.3 Å². The molecular formula is C16H15Cl2N3. The van der Waals surface area contributed by atoms with E-state index in [0.29, 0.717) is 6.54 Å². The molecule has 0 aliphatic heterocycles. The highest BCUT2D eigenvalue weighted by Gasteiger charge is 2.09. The summed E-state index contributed by atoms with van der Waals surface area (Å²) in [7, 11) is 0. The lowest BCUT2D eigenvalue weighted by molar-refractivity contribution is 0.729. The van der Waals surface area contributed by atoms with Crippen LogP contribution in [-0.4, -0.2) is 9.55 Å². The first kappa shape index (κ1) is 14.2. The number of aryl methyl sites for hydroxylation is 1. The molecule has 108 valence electrons. The van der Waals surface area contributed by atoms with Crippen LogP contribution in [0.15, 0.2) is 42.5 Å². The summed E-state index contributed by atoms with van der Waals surface area (Å²) in [5, 5.41) is 4.80. The Morgan fingerprint density at radius 2 is 1.90 bits per heavy atom. The molecule has 0 saturated heterocycles. The molecule has 0 atom stereocenters. The highest BCUT2D eigenvalue weighted by molar-refractivity contribution is 6.31. The fraction of sp³-hybridized carbons (Fsp3) is 0.188. The van der Waals surface area contributed by atoms with Crippen LogP contribution >= 0.6 is 23.2 Å². The van der Waals surface area contributed by atoms with Gasteiger partial charge in [-0.25, -0.2) is 4.98 Å². The van der Waals surface area contributed by atoms with E-state index in [1.807, 2.05) is 42.5 Å². The van der Waals surface area contributed by atoms with Gasteiger partial charge in [0.2, 0.25) is 0 Å². The third kappa shape index (κ3) is 2.99. The van der Waals surface area contributed by atoms with Gasteiger partial charge in [-0.2, -0.15) is 0 Å². The third-order valence-corrected chi connectivity index (χ3v) is 3.85. The van der Waals surface area contributed by atoms with Gasteiger partial charge in [-0.3, -0.25) is 0 Å². The number of imidazole rings is 1. The number of benzene rings is 2. The van der Waals surface area contributed by atoms with E-state index in [-0.39, 0.29) is 0 Å². The Kier molecular flexibility index (Phi) is 4.04. The predicted molar refractivity (Wildman–Crippen MR) is 89.2 cm³/mol. The zero-order valence-electron chi connectivity index (χ0n) is 11.6. The van der Waals surface area contributed by atoms with Gasteiger partial charge >= 0.3 is 0 Å². The van der Waals surface area contributed by atoms with Crippen LogP contribution in [0, 0.1) is 0 Å². The van der Waals surface area contributed by atoms with Gasteiger partial charge in [-0.05, 0) is 43.3 Å². The van der Waals surface area contributed by atoms with E-state index < -0.39 is 0 Å². The number of aromatic nitrogens is 2. The SMILES string of the molecule is CCn1c(CNc2cccc(Cl)c2)nc2ccc(Cl)cc21. The molecule has 1 N–H and O–H groups in total. The van der Waals surface area contributed by atoms with Gasteiger partial charge in [0.1, 0.15) is 5.82 Å². The number of anilines is 1. The Hall–Kier alpha value is -1.71. The average Bonchev–Trinajstić information content (AvgIpc) is 2.82. The molecule has 3 rings (SSSR count). The van der Waals surface area contributed by atoms with Crippen LogP contribution in [0.3, 0.4) is 0 Å². The van der Waals surface area contributed by atoms with E-state index in [1.165, 1.54) is 0 Å². The van der Waals surface area contributed by atoms with Crippen LogP contribution in [0.5, 0.6) is 0 Å². The second-order valence-electron chi connectivity index (χ2n) is 4.77. The second kappa shape index (κ2) is 5.96. The molecule has 0 bridgehead atoms. The Morgan fingerprint density at radius 3 is 2.67 bits per heavy atom. The molecule has 5 heteroatoms. The lowest BCUT2D eigenvalue weighted by Crippen LogP contribution is -2.07. The van der Waals surface area contributed by atoms with Gasteiger partial charge in [0.25, 0.3) is 0 Å². The van der Waals surface area contributed by atoms with Crippen LogP contribution < -0.4 is 5.32 Å². The van der Waals surface area contributed by atoms with Crippen LogP contribution in [0.4, 0.5) is 5.69 Å². The van der Waals surface area contributed by atoms with Crippen molar-refractivity contribution in [2.75, 3.05) is 5.32 Å². The molecular weight excluding hydrogens is 305 g/mol. The summed E-state index contributed by atoms with van der Waals surface area (Å²) in [5.41, 5.74) is 3.01. The lowest BCUT2D eigenvalue weighted by Gasteiger charge is -2.09. The monoisotopic (exact) mass is 319 g/mol. The topological polar surface area (TPSA) is 29.9 Å². The third-order valence-electron chi connectivity index (χ3n) is 3.38. The van der Waals surface area contributed by atoms with Crippen molar-refractivity contribution in [2.24, 2.45) is 0 Å². The average molecular weight is 320 g/mol. The number of nitrogens with one attached hydrogen (secondary N) is 1. The molecule has 3 nitrogen and oxygen atoms in total. The number of nitrogens with zero attached hydrogens (tertiary/aromatic N) is 2.